The van der Waals surface area contributed by atoms with Gasteiger partial charge in [-0.05, 0) is 0 Å². The molecule has 0 heterocycles. The second kappa shape index (κ2) is 5.02. The number of carbonyl (C=O) groups excluding carboxylic acids is 4. The van der Waals surface area contributed by atoms with Gasteiger partial charge in [0.15, 0.2) is 0 Å². The lowest BCUT2D eigenvalue weighted by Gasteiger charge is -2.01. The van der Waals surface area contributed by atoms with E-state index in [0.29, 0.717) is 0 Å². The molecule has 0 fully saturated rings. The van der Waals surface area contributed by atoms with Gasteiger partial charge in [-0.25, -0.2) is 0 Å². The van der Waals surface area contributed by atoms with Crippen LogP contribution in [0, 0.1) is 0 Å². The molecule has 0 radical (unpaired) electrons. The monoisotopic (exact) mass is 186 g/mol. The van der Waals surface area contributed by atoms with Crippen molar-refractivity contribution in [1.82, 2.24) is 0 Å². The van der Waals surface area contributed by atoms with Crippen molar-refractivity contribution in [1.29, 1.82) is 0 Å². The zero-order valence-corrected chi connectivity index (χ0v) is 6.57. The van der Waals surface area contributed by atoms with Crippen molar-refractivity contribution in [3.63, 3.8) is 0 Å². The molecule has 0 aliphatic heterocycles. The molecule has 0 aromatic carbocycles. The maximum Gasteiger partial charge on any atom is 0.145 e. The minimum atomic E-state index is -1.59. The predicted molar refractivity (Wildman–Crippen MR) is 33.9 cm³/mol. The molecule has 0 N–H and O–H groups in total. The van der Waals surface area contributed by atoms with E-state index in [-0.39, 0.29) is 0 Å². The minimum absolute atomic E-state index is 0.706. The largest absolute Gasteiger partial charge is 0.550 e. The number of aliphatic carboxylic acids is 2. The van der Waals surface area contributed by atoms with Crippen LogP contribution in [0.25, 0.3) is 0 Å². The zero-order valence-electron chi connectivity index (χ0n) is 6.57. The van der Waals surface area contributed by atoms with E-state index < -0.39 is 42.8 Å². The quantitative estimate of drug-likeness (QED) is 0.403. The molecule has 0 rings (SSSR count). The van der Waals surface area contributed by atoms with Crippen molar-refractivity contribution >= 4 is 23.5 Å². The molecule has 0 spiro atoms. The fourth-order valence-corrected chi connectivity index (χ4v) is 0.667. The molecule has 0 bridgehead atoms. The number of hydrogen-bond acceptors (Lipinski definition) is 6. The minimum Gasteiger partial charge on any atom is -0.550 e. The fourth-order valence-electron chi connectivity index (χ4n) is 0.667. The molecule has 13 heavy (non-hydrogen) atoms. The van der Waals surface area contributed by atoms with Crippen LogP contribution < -0.4 is 10.2 Å². The Morgan fingerprint density at radius 2 is 1.00 bits per heavy atom. The highest BCUT2D eigenvalue weighted by atomic mass is 16.4. The maximum absolute atomic E-state index is 10.6. The molecule has 0 aromatic heterocycles. The van der Waals surface area contributed by atoms with Gasteiger partial charge in [0, 0.05) is 24.8 Å². The summed E-state index contributed by atoms with van der Waals surface area (Å²) < 4.78 is 0. The number of carboxylic acids is 2. The summed E-state index contributed by atoms with van der Waals surface area (Å²) in [6.07, 6.45) is -2.46. The lowest BCUT2D eigenvalue weighted by Crippen LogP contribution is -2.28. The summed E-state index contributed by atoms with van der Waals surface area (Å²) >= 11 is 0. The normalized spacial score (nSPS) is 9.23. The van der Waals surface area contributed by atoms with Gasteiger partial charge in [-0.3, -0.25) is 9.59 Å². The van der Waals surface area contributed by atoms with Crippen molar-refractivity contribution in [2.45, 2.75) is 19.3 Å². The number of carboxylic acid groups (broad SMARTS) is 2. The maximum atomic E-state index is 10.6. The summed E-state index contributed by atoms with van der Waals surface area (Å²) in [5, 5.41) is 19.7. The topological polar surface area (TPSA) is 114 Å². The lowest BCUT2D eigenvalue weighted by molar-refractivity contribution is -0.305. The van der Waals surface area contributed by atoms with Gasteiger partial charge in [-0.2, -0.15) is 0 Å². The van der Waals surface area contributed by atoms with Gasteiger partial charge in [0.1, 0.15) is 11.6 Å². The second-order valence-corrected chi connectivity index (χ2v) is 2.35. The van der Waals surface area contributed by atoms with Crippen molar-refractivity contribution in [3.8, 4) is 0 Å². The van der Waals surface area contributed by atoms with Crippen molar-refractivity contribution in [3.05, 3.63) is 0 Å². The smallest absolute Gasteiger partial charge is 0.145 e. The Morgan fingerprint density at radius 1 is 0.692 bits per heavy atom. The van der Waals surface area contributed by atoms with Crippen LogP contribution in [0.4, 0.5) is 0 Å². The van der Waals surface area contributed by atoms with Gasteiger partial charge >= 0.3 is 0 Å². The van der Waals surface area contributed by atoms with Crippen molar-refractivity contribution < 1.29 is 29.4 Å². The molecule has 0 aromatic rings. The van der Waals surface area contributed by atoms with E-state index in [1.807, 2.05) is 0 Å². The van der Waals surface area contributed by atoms with Crippen LogP contribution in [0.5, 0.6) is 0 Å². The molecule has 0 aliphatic rings. The third-order valence-corrected chi connectivity index (χ3v) is 1.08. The summed E-state index contributed by atoms with van der Waals surface area (Å²) in [6.45, 7) is 0. The summed E-state index contributed by atoms with van der Waals surface area (Å²) in [7, 11) is 0. The number of hydrogen-bond donors (Lipinski definition) is 0. The van der Waals surface area contributed by atoms with Crippen LogP contribution in [0.1, 0.15) is 19.3 Å². The molecule has 72 valence electrons. The van der Waals surface area contributed by atoms with Crippen LogP contribution in [0.15, 0.2) is 0 Å². The Kier molecular flexibility index (Phi) is 4.36. The highest BCUT2D eigenvalue weighted by Crippen LogP contribution is 1.93. The molecule has 6 nitrogen and oxygen atoms in total. The Labute approximate surface area is 73.2 Å². The first-order chi connectivity index (χ1) is 5.91. The summed E-state index contributed by atoms with van der Waals surface area (Å²) in [5.74, 6) is -4.92. The number of Topliss-reactive ketones (excluding diaryl/α,β-unsaturated/α-hetero) is 2. The molecule has 0 saturated heterocycles. The zero-order chi connectivity index (χ0) is 10.4. The van der Waals surface area contributed by atoms with E-state index in [1.54, 1.807) is 0 Å². The van der Waals surface area contributed by atoms with Gasteiger partial charge in [-0.1, -0.05) is 0 Å². The third kappa shape index (κ3) is 6.67. The van der Waals surface area contributed by atoms with E-state index in [1.165, 1.54) is 0 Å². The number of rotatable bonds is 6. The van der Waals surface area contributed by atoms with Crippen molar-refractivity contribution in [2.24, 2.45) is 0 Å². The first kappa shape index (κ1) is 11.3. The van der Waals surface area contributed by atoms with Crippen LogP contribution in [0.3, 0.4) is 0 Å². The summed E-state index contributed by atoms with van der Waals surface area (Å²) in [6, 6.07) is 0. The van der Waals surface area contributed by atoms with E-state index in [4.69, 9.17) is 0 Å². The third-order valence-electron chi connectivity index (χ3n) is 1.08. The van der Waals surface area contributed by atoms with Gasteiger partial charge in [0.25, 0.3) is 0 Å². The SMILES string of the molecule is O=C([O-])CC(=O)CC(=O)CC(=O)[O-]. The first-order valence-corrected chi connectivity index (χ1v) is 3.35. The molecule has 0 atom stereocenters. The molecule has 0 amide bonds. The molecule has 0 aliphatic carbocycles. The Balaban J connectivity index is 3.85. The number of carbonyl (C=O) groups is 4. The van der Waals surface area contributed by atoms with E-state index >= 15 is 0 Å². The summed E-state index contributed by atoms with van der Waals surface area (Å²) in [4.78, 5) is 40.9. The average molecular weight is 186 g/mol. The highest BCUT2D eigenvalue weighted by molar-refractivity contribution is 6.08. The lowest BCUT2D eigenvalue weighted by atomic mass is 10.1. The first-order valence-electron chi connectivity index (χ1n) is 3.35. The Morgan fingerprint density at radius 3 is 1.23 bits per heavy atom. The van der Waals surface area contributed by atoms with E-state index in [2.05, 4.69) is 0 Å². The van der Waals surface area contributed by atoms with E-state index in [9.17, 15) is 29.4 Å². The predicted octanol–water partition coefficient (Wildman–Crippen LogP) is -3.21. The Bertz CT molecular complexity index is 228. The standard InChI is InChI=1S/C7H8O6/c8-4(2-6(10)11)1-5(9)3-7(12)13/h1-3H2,(H,10,11)(H,12,13)/p-2. The Hall–Kier alpha value is -1.72. The molecule has 6 heteroatoms. The fraction of sp³-hybridized carbons (Fsp3) is 0.429. The number of ketones is 2. The molecular weight excluding hydrogens is 180 g/mol. The average Bonchev–Trinajstić information content (AvgIpc) is 1.80. The molecule has 0 saturated carbocycles. The van der Waals surface area contributed by atoms with Gasteiger partial charge in [-0.15, -0.1) is 0 Å². The van der Waals surface area contributed by atoms with Gasteiger partial charge in [0.2, 0.25) is 0 Å². The molecular formula is C7H6O6-2. The second-order valence-electron chi connectivity index (χ2n) is 2.35. The van der Waals surface area contributed by atoms with Crippen LogP contribution >= 0.6 is 0 Å². The highest BCUT2D eigenvalue weighted by Gasteiger charge is 2.09. The van der Waals surface area contributed by atoms with E-state index in [0.717, 1.165) is 0 Å². The van der Waals surface area contributed by atoms with Crippen LogP contribution in [0.2, 0.25) is 0 Å². The van der Waals surface area contributed by atoms with Gasteiger partial charge < -0.3 is 19.8 Å². The van der Waals surface area contributed by atoms with Gasteiger partial charge in [0.05, 0.1) is 6.42 Å². The molecule has 0 unspecified atom stereocenters. The summed E-state index contributed by atoms with van der Waals surface area (Å²) in [5.41, 5.74) is 0. The van der Waals surface area contributed by atoms with Crippen LogP contribution in [-0.2, 0) is 19.2 Å². The van der Waals surface area contributed by atoms with Crippen molar-refractivity contribution in [2.75, 3.05) is 0 Å². The van der Waals surface area contributed by atoms with Crippen LogP contribution in [-0.4, -0.2) is 23.5 Å².